The molecule has 0 aliphatic rings. The number of ether oxygens (including phenoxy) is 1. The summed E-state index contributed by atoms with van der Waals surface area (Å²) in [5.41, 5.74) is 4.26. The number of rotatable bonds is 9. The molecule has 0 bridgehead atoms. The van der Waals surface area contributed by atoms with Gasteiger partial charge in [0.15, 0.2) is 0 Å². The number of benzene rings is 3. The Morgan fingerprint density at radius 2 is 1.70 bits per heavy atom. The summed E-state index contributed by atoms with van der Waals surface area (Å²) in [7, 11) is 0. The van der Waals surface area contributed by atoms with Crippen LogP contribution in [0.2, 0.25) is 5.02 Å². The molecular weight excluding hydrogens is 541 g/mol. The molecule has 0 amide bonds. The van der Waals surface area contributed by atoms with Crippen LogP contribution in [0.1, 0.15) is 23.1 Å². The lowest BCUT2D eigenvalue weighted by atomic mass is 10.0. The first-order valence-electron chi connectivity index (χ1n) is 12.6. The Hall–Kier alpha value is -4.30. The largest absolute Gasteiger partial charge is 0.481 e. The molecule has 5 rings (SSSR count). The van der Waals surface area contributed by atoms with Gasteiger partial charge < -0.3 is 14.4 Å². The number of halogens is 4. The van der Waals surface area contributed by atoms with Crippen molar-refractivity contribution >= 4 is 28.5 Å². The van der Waals surface area contributed by atoms with Gasteiger partial charge in [0.1, 0.15) is 10.8 Å². The Balaban J connectivity index is 1.32. The molecule has 3 aromatic carbocycles. The summed E-state index contributed by atoms with van der Waals surface area (Å²) in [5, 5.41) is 10.0. The van der Waals surface area contributed by atoms with E-state index < -0.39 is 17.7 Å². The molecule has 0 radical (unpaired) electrons. The highest BCUT2D eigenvalue weighted by Gasteiger charge is 2.31. The third-order valence-corrected chi connectivity index (χ3v) is 6.86. The molecule has 40 heavy (non-hydrogen) atoms. The summed E-state index contributed by atoms with van der Waals surface area (Å²) in [6.45, 7) is 0.667. The molecule has 9 heteroatoms. The number of aryl methyl sites for hydroxylation is 3. The number of aromatic nitrogens is 2. The predicted molar refractivity (Wildman–Crippen MR) is 148 cm³/mol. The van der Waals surface area contributed by atoms with E-state index in [2.05, 4.69) is 27.8 Å². The summed E-state index contributed by atoms with van der Waals surface area (Å²) >= 11 is 5.95. The topological polar surface area (TPSA) is 64.3 Å². The van der Waals surface area contributed by atoms with Gasteiger partial charge in [0.25, 0.3) is 0 Å². The highest BCUT2D eigenvalue weighted by atomic mass is 35.5. The number of hydrogen-bond donors (Lipinski definition) is 1. The summed E-state index contributed by atoms with van der Waals surface area (Å²) in [5.74, 6) is -0.547. The van der Waals surface area contributed by atoms with E-state index in [0.29, 0.717) is 31.3 Å². The van der Waals surface area contributed by atoms with Crippen LogP contribution in [0.5, 0.6) is 11.6 Å². The smallest absolute Gasteiger partial charge is 0.417 e. The molecule has 0 saturated carbocycles. The standard InChI is InChI=1S/C31H24ClF3N2O3/c32-27-17-24(31(33,34)35)18-36-30(27)40-25-10-6-20(7-11-25)14-15-37-19-23(9-13-29(38)39)26-16-22(8-12-28(26)37)21-4-2-1-3-5-21/h1-8,10-12,16-19H,9,13-15H2,(H,38,39). The first kappa shape index (κ1) is 27.3. The summed E-state index contributed by atoms with van der Waals surface area (Å²) < 4.78 is 46.3. The molecule has 0 spiro atoms. The van der Waals surface area contributed by atoms with Crippen LogP contribution in [0, 0.1) is 0 Å². The van der Waals surface area contributed by atoms with E-state index in [1.54, 1.807) is 12.1 Å². The monoisotopic (exact) mass is 564 g/mol. The van der Waals surface area contributed by atoms with E-state index in [1.807, 2.05) is 48.7 Å². The average Bonchev–Trinajstić information content (AvgIpc) is 3.29. The Labute approximate surface area is 233 Å². The average molecular weight is 565 g/mol. The minimum absolute atomic E-state index is 0.0495. The van der Waals surface area contributed by atoms with Gasteiger partial charge in [-0.25, -0.2) is 4.98 Å². The van der Waals surface area contributed by atoms with Crippen LogP contribution < -0.4 is 4.74 Å². The molecule has 0 atom stereocenters. The molecule has 2 heterocycles. The van der Waals surface area contributed by atoms with E-state index in [9.17, 15) is 23.1 Å². The SMILES string of the molecule is O=C(O)CCc1cn(CCc2ccc(Oc3ncc(C(F)(F)F)cc3Cl)cc2)c2ccc(-c3ccccc3)cc12. The Bertz CT molecular complexity index is 1650. The van der Waals surface area contributed by atoms with E-state index in [4.69, 9.17) is 16.3 Å². The zero-order chi connectivity index (χ0) is 28.3. The van der Waals surface area contributed by atoms with Crippen LogP contribution in [0.15, 0.2) is 91.3 Å². The van der Waals surface area contributed by atoms with Crippen molar-refractivity contribution in [1.29, 1.82) is 0 Å². The number of carboxylic acid groups (broad SMARTS) is 1. The Morgan fingerprint density at radius 1 is 0.950 bits per heavy atom. The molecule has 5 aromatic rings. The van der Waals surface area contributed by atoms with Crippen molar-refractivity contribution in [3.63, 3.8) is 0 Å². The van der Waals surface area contributed by atoms with Gasteiger partial charge in [-0.05, 0) is 65.4 Å². The van der Waals surface area contributed by atoms with E-state index in [0.717, 1.165) is 39.2 Å². The Kier molecular flexibility index (Phi) is 7.80. The fourth-order valence-corrected chi connectivity index (χ4v) is 4.75. The first-order valence-corrected chi connectivity index (χ1v) is 12.9. The molecule has 2 aromatic heterocycles. The van der Waals surface area contributed by atoms with Gasteiger partial charge in [0.2, 0.25) is 5.88 Å². The molecule has 1 N–H and O–H groups in total. The van der Waals surface area contributed by atoms with Gasteiger partial charge in [0.05, 0.1) is 5.56 Å². The van der Waals surface area contributed by atoms with Gasteiger partial charge in [0, 0.05) is 36.3 Å². The van der Waals surface area contributed by atoms with Crippen LogP contribution in [0.3, 0.4) is 0 Å². The number of alkyl halides is 3. The third kappa shape index (κ3) is 6.29. The lowest BCUT2D eigenvalue weighted by molar-refractivity contribution is -0.138. The first-order chi connectivity index (χ1) is 19.2. The molecule has 0 fully saturated rings. The maximum atomic E-state index is 12.8. The number of pyridine rings is 1. The molecule has 5 nitrogen and oxygen atoms in total. The summed E-state index contributed by atoms with van der Waals surface area (Å²) in [6, 6.07) is 24.2. The second-order valence-corrected chi connectivity index (χ2v) is 9.75. The van der Waals surface area contributed by atoms with E-state index in [1.165, 1.54) is 0 Å². The molecule has 0 unspecified atom stereocenters. The second kappa shape index (κ2) is 11.4. The summed E-state index contributed by atoms with van der Waals surface area (Å²) in [4.78, 5) is 15.0. The zero-order valence-electron chi connectivity index (χ0n) is 21.2. The highest BCUT2D eigenvalue weighted by molar-refractivity contribution is 6.31. The van der Waals surface area contributed by atoms with Crippen molar-refractivity contribution in [3.05, 3.63) is 113 Å². The normalized spacial score (nSPS) is 11.6. The number of nitrogens with zero attached hydrogens (tertiary/aromatic N) is 2. The minimum Gasteiger partial charge on any atom is -0.481 e. The predicted octanol–water partition coefficient (Wildman–Crippen LogP) is 8.43. The van der Waals surface area contributed by atoms with Gasteiger partial charge in [-0.1, -0.05) is 60.1 Å². The number of fused-ring (bicyclic) bond motifs is 1. The second-order valence-electron chi connectivity index (χ2n) is 9.34. The number of carboxylic acids is 1. The molecule has 0 aliphatic carbocycles. The van der Waals surface area contributed by atoms with Crippen molar-refractivity contribution in [2.75, 3.05) is 0 Å². The Morgan fingerprint density at radius 3 is 2.38 bits per heavy atom. The molecule has 0 aliphatic heterocycles. The van der Waals surface area contributed by atoms with E-state index >= 15 is 0 Å². The van der Waals surface area contributed by atoms with Crippen molar-refractivity contribution in [2.24, 2.45) is 0 Å². The number of hydrogen-bond acceptors (Lipinski definition) is 3. The highest BCUT2D eigenvalue weighted by Crippen LogP contribution is 2.35. The van der Waals surface area contributed by atoms with Gasteiger partial charge in [-0.3, -0.25) is 4.79 Å². The molecule has 0 saturated heterocycles. The van der Waals surface area contributed by atoms with Crippen LogP contribution in [0.25, 0.3) is 22.0 Å². The zero-order valence-corrected chi connectivity index (χ0v) is 21.9. The van der Waals surface area contributed by atoms with Crippen LogP contribution in [0.4, 0.5) is 13.2 Å². The number of carbonyl (C=O) groups is 1. The van der Waals surface area contributed by atoms with Crippen molar-refractivity contribution in [2.45, 2.75) is 32.0 Å². The quantitative estimate of drug-likeness (QED) is 0.195. The van der Waals surface area contributed by atoms with Crippen LogP contribution >= 0.6 is 11.6 Å². The lowest BCUT2D eigenvalue weighted by Crippen LogP contribution is -2.05. The van der Waals surface area contributed by atoms with Gasteiger partial charge in [-0.15, -0.1) is 0 Å². The minimum atomic E-state index is -4.54. The maximum absolute atomic E-state index is 12.8. The fourth-order valence-electron chi connectivity index (χ4n) is 4.55. The summed E-state index contributed by atoms with van der Waals surface area (Å²) in [6.07, 6.45) is -0.647. The third-order valence-electron chi connectivity index (χ3n) is 6.59. The molecular formula is C31H24ClF3N2O3. The van der Waals surface area contributed by atoms with Crippen molar-refractivity contribution in [1.82, 2.24) is 9.55 Å². The lowest BCUT2D eigenvalue weighted by Gasteiger charge is -2.11. The van der Waals surface area contributed by atoms with Gasteiger partial charge in [-0.2, -0.15) is 13.2 Å². The van der Waals surface area contributed by atoms with Crippen molar-refractivity contribution < 1.29 is 27.8 Å². The van der Waals surface area contributed by atoms with Crippen molar-refractivity contribution in [3.8, 4) is 22.8 Å². The van der Waals surface area contributed by atoms with E-state index in [-0.39, 0.29) is 17.3 Å². The van der Waals surface area contributed by atoms with Crippen LogP contribution in [-0.2, 0) is 30.4 Å². The fraction of sp³-hybridized carbons (Fsp3) is 0.161. The number of aliphatic carboxylic acids is 1. The molecule has 204 valence electrons. The van der Waals surface area contributed by atoms with Gasteiger partial charge >= 0.3 is 12.1 Å². The van der Waals surface area contributed by atoms with Crippen LogP contribution in [-0.4, -0.2) is 20.6 Å². The maximum Gasteiger partial charge on any atom is 0.417 e.